The van der Waals surface area contributed by atoms with Gasteiger partial charge in [-0.3, -0.25) is 0 Å². The van der Waals surface area contributed by atoms with Gasteiger partial charge in [-0.2, -0.15) is 0 Å². The van der Waals surface area contributed by atoms with Gasteiger partial charge >= 0.3 is 0 Å². The molecule has 0 fully saturated rings. The van der Waals surface area contributed by atoms with Gasteiger partial charge in [-0.1, -0.05) is 6.07 Å². The zero-order chi connectivity index (χ0) is 10.5. The second kappa shape index (κ2) is 5.24. The molecule has 1 aromatic rings. The monoisotopic (exact) mass is 228 g/mol. The minimum atomic E-state index is 0.311. The van der Waals surface area contributed by atoms with Gasteiger partial charge in [0.2, 0.25) is 6.79 Å². The van der Waals surface area contributed by atoms with Crippen LogP contribution in [-0.2, 0) is 11.3 Å². The molecule has 1 aliphatic rings. The van der Waals surface area contributed by atoms with Crippen LogP contribution in [0.25, 0.3) is 0 Å². The molecule has 82 valence electrons. The number of hydrogen-bond donors (Lipinski definition) is 0. The Hall–Kier alpha value is -0.930. The number of fused-ring (bicyclic) bond motifs is 1. The Morgan fingerprint density at radius 3 is 3.00 bits per heavy atom. The second-order valence-corrected chi connectivity index (χ2v) is 3.66. The van der Waals surface area contributed by atoms with Crippen molar-refractivity contribution in [2.45, 2.75) is 13.0 Å². The minimum absolute atomic E-state index is 0.311. The third kappa shape index (κ3) is 2.76. The smallest absolute Gasteiger partial charge is 0.231 e. The first kappa shape index (κ1) is 10.6. The van der Waals surface area contributed by atoms with Crippen LogP contribution in [0.15, 0.2) is 18.2 Å². The predicted octanol–water partition coefficient (Wildman–Crippen LogP) is 2.56. The highest BCUT2D eigenvalue weighted by atomic mass is 35.5. The molecule has 0 saturated heterocycles. The van der Waals surface area contributed by atoms with E-state index in [9.17, 15) is 0 Å². The van der Waals surface area contributed by atoms with Crippen LogP contribution in [-0.4, -0.2) is 19.3 Å². The first-order valence-corrected chi connectivity index (χ1v) is 5.46. The van der Waals surface area contributed by atoms with Gasteiger partial charge < -0.3 is 14.2 Å². The van der Waals surface area contributed by atoms with Crippen LogP contribution in [0.2, 0.25) is 0 Å². The van der Waals surface area contributed by atoms with E-state index >= 15 is 0 Å². The van der Waals surface area contributed by atoms with Crippen LogP contribution in [0.5, 0.6) is 11.5 Å². The van der Waals surface area contributed by atoms with E-state index in [1.165, 1.54) is 0 Å². The summed E-state index contributed by atoms with van der Waals surface area (Å²) in [6, 6.07) is 5.83. The van der Waals surface area contributed by atoms with Crippen LogP contribution < -0.4 is 9.47 Å². The molecule has 4 heteroatoms. The average Bonchev–Trinajstić information content (AvgIpc) is 2.71. The van der Waals surface area contributed by atoms with Crippen molar-refractivity contribution in [3.8, 4) is 11.5 Å². The van der Waals surface area contributed by atoms with E-state index in [4.69, 9.17) is 25.8 Å². The molecule has 3 nitrogen and oxygen atoms in total. The molecule has 1 heterocycles. The van der Waals surface area contributed by atoms with E-state index < -0.39 is 0 Å². The van der Waals surface area contributed by atoms with Crippen molar-refractivity contribution >= 4 is 11.6 Å². The van der Waals surface area contributed by atoms with Crippen LogP contribution >= 0.6 is 11.6 Å². The summed E-state index contributed by atoms with van der Waals surface area (Å²) in [5.41, 5.74) is 1.09. The van der Waals surface area contributed by atoms with Crippen molar-refractivity contribution in [1.29, 1.82) is 0 Å². The number of ether oxygens (including phenoxy) is 3. The molecule has 0 atom stereocenters. The number of halogens is 1. The number of alkyl halides is 1. The van der Waals surface area contributed by atoms with Crippen molar-refractivity contribution in [1.82, 2.24) is 0 Å². The molecule has 0 unspecified atom stereocenters. The summed E-state index contributed by atoms with van der Waals surface area (Å²) >= 11 is 5.54. The molecular weight excluding hydrogens is 216 g/mol. The standard InChI is InChI=1S/C11H13ClO3/c12-4-1-5-13-7-9-2-3-10-11(6-9)15-8-14-10/h2-3,6H,1,4-5,7-8H2. The van der Waals surface area contributed by atoms with E-state index in [0.29, 0.717) is 25.9 Å². The van der Waals surface area contributed by atoms with Crippen molar-refractivity contribution in [3.63, 3.8) is 0 Å². The van der Waals surface area contributed by atoms with Crippen molar-refractivity contribution < 1.29 is 14.2 Å². The molecule has 2 rings (SSSR count). The molecule has 0 spiro atoms. The molecule has 0 aromatic heterocycles. The molecule has 1 aromatic carbocycles. The lowest BCUT2D eigenvalue weighted by Crippen LogP contribution is -1.96. The van der Waals surface area contributed by atoms with Gasteiger partial charge in [-0.25, -0.2) is 0 Å². The maximum Gasteiger partial charge on any atom is 0.231 e. The van der Waals surface area contributed by atoms with Crippen LogP contribution in [0.3, 0.4) is 0 Å². The quantitative estimate of drug-likeness (QED) is 0.573. The first-order chi connectivity index (χ1) is 7.40. The van der Waals surface area contributed by atoms with Gasteiger partial charge in [0.1, 0.15) is 0 Å². The molecule has 0 bridgehead atoms. The van der Waals surface area contributed by atoms with Crippen molar-refractivity contribution in [2.75, 3.05) is 19.3 Å². The fraction of sp³-hybridized carbons (Fsp3) is 0.455. The fourth-order valence-electron chi connectivity index (χ4n) is 1.38. The van der Waals surface area contributed by atoms with E-state index in [0.717, 1.165) is 23.5 Å². The topological polar surface area (TPSA) is 27.7 Å². The zero-order valence-electron chi connectivity index (χ0n) is 8.37. The molecule has 0 saturated carbocycles. The summed E-state index contributed by atoms with van der Waals surface area (Å²) in [6.07, 6.45) is 0.881. The molecule has 1 aliphatic heterocycles. The maximum atomic E-state index is 5.54. The van der Waals surface area contributed by atoms with Crippen molar-refractivity contribution in [2.24, 2.45) is 0 Å². The molecule has 0 aliphatic carbocycles. The molecule has 0 radical (unpaired) electrons. The van der Waals surface area contributed by atoms with Gasteiger partial charge in [0.25, 0.3) is 0 Å². The second-order valence-electron chi connectivity index (χ2n) is 3.28. The maximum absolute atomic E-state index is 5.54. The summed E-state index contributed by atoms with van der Waals surface area (Å²) in [4.78, 5) is 0. The highest BCUT2D eigenvalue weighted by Gasteiger charge is 2.12. The fourth-order valence-corrected chi connectivity index (χ4v) is 1.49. The zero-order valence-corrected chi connectivity index (χ0v) is 9.13. The molecule has 0 amide bonds. The van der Waals surface area contributed by atoms with Gasteiger partial charge in [0, 0.05) is 12.5 Å². The molecule has 15 heavy (non-hydrogen) atoms. The largest absolute Gasteiger partial charge is 0.454 e. The Balaban J connectivity index is 1.87. The number of hydrogen-bond acceptors (Lipinski definition) is 3. The first-order valence-electron chi connectivity index (χ1n) is 4.92. The van der Waals surface area contributed by atoms with Crippen LogP contribution in [0.4, 0.5) is 0 Å². The lowest BCUT2D eigenvalue weighted by atomic mass is 10.2. The molecule has 0 N–H and O–H groups in total. The van der Waals surface area contributed by atoms with Gasteiger partial charge in [0.05, 0.1) is 6.61 Å². The Bertz CT molecular complexity index is 328. The van der Waals surface area contributed by atoms with Crippen LogP contribution in [0, 0.1) is 0 Å². The lowest BCUT2D eigenvalue weighted by Gasteiger charge is -2.04. The van der Waals surface area contributed by atoms with E-state index in [1.54, 1.807) is 0 Å². The van der Waals surface area contributed by atoms with Crippen molar-refractivity contribution in [3.05, 3.63) is 23.8 Å². The van der Waals surface area contributed by atoms with Gasteiger partial charge in [-0.05, 0) is 24.1 Å². The Morgan fingerprint density at radius 1 is 1.27 bits per heavy atom. The summed E-state index contributed by atoms with van der Waals surface area (Å²) < 4.78 is 15.9. The van der Waals surface area contributed by atoms with Gasteiger partial charge in [0.15, 0.2) is 11.5 Å². The lowest BCUT2D eigenvalue weighted by molar-refractivity contribution is 0.122. The highest BCUT2D eigenvalue weighted by molar-refractivity contribution is 6.17. The Labute approximate surface area is 93.9 Å². The van der Waals surface area contributed by atoms with E-state index in [-0.39, 0.29) is 0 Å². The third-order valence-corrected chi connectivity index (χ3v) is 2.40. The number of rotatable bonds is 5. The summed E-state index contributed by atoms with van der Waals surface area (Å²) in [6.45, 7) is 1.59. The van der Waals surface area contributed by atoms with E-state index in [1.807, 2.05) is 18.2 Å². The highest BCUT2D eigenvalue weighted by Crippen LogP contribution is 2.32. The molecular formula is C11H13ClO3. The Morgan fingerprint density at radius 2 is 2.13 bits per heavy atom. The minimum Gasteiger partial charge on any atom is -0.454 e. The van der Waals surface area contributed by atoms with Crippen LogP contribution in [0.1, 0.15) is 12.0 Å². The SMILES string of the molecule is ClCCCOCc1ccc2c(c1)OCO2. The predicted molar refractivity (Wildman–Crippen MR) is 57.6 cm³/mol. The van der Waals surface area contributed by atoms with Gasteiger partial charge in [-0.15, -0.1) is 11.6 Å². The third-order valence-electron chi connectivity index (χ3n) is 2.13. The normalized spacial score (nSPS) is 13.1. The van der Waals surface area contributed by atoms with E-state index in [2.05, 4.69) is 0 Å². The summed E-state index contributed by atoms with van der Waals surface area (Å²) in [5.74, 6) is 2.24. The Kier molecular flexibility index (Phi) is 3.69. The average molecular weight is 229 g/mol. The summed E-state index contributed by atoms with van der Waals surface area (Å²) in [5, 5.41) is 0. The summed E-state index contributed by atoms with van der Waals surface area (Å²) in [7, 11) is 0. The number of benzene rings is 1.